The van der Waals surface area contributed by atoms with Crippen LogP contribution in [0, 0.1) is 6.92 Å². The van der Waals surface area contributed by atoms with Crippen molar-refractivity contribution in [2.45, 2.75) is 13.3 Å². The highest BCUT2D eigenvalue weighted by Gasteiger charge is 2.05. The first-order chi connectivity index (χ1) is 7.29. The molecule has 0 spiro atoms. The van der Waals surface area contributed by atoms with E-state index in [-0.39, 0.29) is 0 Å². The SMILES string of the molecule is Cc1cc(C=O)sc1Cc1ccccc1. The first kappa shape index (κ1) is 10.1. The number of aldehydes is 1. The van der Waals surface area contributed by atoms with Gasteiger partial charge in [0.1, 0.15) is 0 Å². The van der Waals surface area contributed by atoms with Crippen molar-refractivity contribution in [2.75, 3.05) is 0 Å². The predicted molar refractivity (Wildman–Crippen MR) is 63.7 cm³/mol. The Kier molecular flexibility index (Phi) is 2.97. The molecule has 0 N–H and O–H groups in total. The van der Waals surface area contributed by atoms with E-state index in [1.807, 2.05) is 24.3 Å². The second kappa shape index (κ2) is 4.41. The van der Waals surface area contributed by atoms with Crippen LogP contribution in [0.1, 0.15) is 25.7 Å². The number of aryl methyl sites for hydroxylation is 1. The molecule has 2 heteroatoms. The lowest BCUT2D eigenvalue weighted by Gasteiger charge is -1.99. The zero-order valence-electron chi connectivity index (χ0n) is 8.57. The minimum Gasteiger partial charge on any atom is -0.297 e. The van der Waals surface area contributed by atoms with E-state index >= 15 is 0 Å². The minimum atomic E-state index is 0.818. The summed E-state index contributed by atoms with van der Waals surface area (Å²) in [7, 11) is 0. The summed E-state index contributed by atoms with van der Waals surface area (Å²) in [6, 6.07) is 12.3. The topological polar surface area (TPSA) is 17.1 Å². The van der Waals surface area contributed by atoms with E-state index in [2.05, 4.69) is 19.1 Å². The van der Waals surface area contributed by atoms with E-state index in [1.54, 1.807) is 11.3 Å². The van der Waals surface area contributed by atoms with Crippen molar-refractivity contribution in [2.24, 2.45) is 0 Å². The highest BCUT2D eigenvalue weighted by Crippen LogP contribution is 2.23. The summed E-state index contributed by atoms with van der Waals surface area (Å²) in [4.78, 5) is 12.7. The van der Waals surface area contributed by atoms with Crippen molar-refractivity contribution < 1.29 is 4.79 Å². The smallest absolute Gasteiger partial charge is 0.160 e. The molecule has 0 unspecified atom stereocenters. The van der Waals surface area contributed by atoms with Gasteiger partial charge in [-0.15, -0.1) is 11.3 Å². The standard InChI is InChI=1S/C13H12OS/c1-10-7-12(9-14)15-13(10)8-11-5-3-2-4-6-11/h2-7,9H,8H2,1H3. The molecule has 0 aliphatic heterocycles. The molecule has 0 aliphatic carbocycles. The molecule has 1 heterocycles. The molecule has 2 aromatic rings. The molecular weight excluding hydrogens is 204 g/mol. The Morgan fingerprint density at radius 2 is 2.00 bits per heavy atom. The lowest BCUT2D eigenvalue weighted by molar-refractivity contribution is 0.112. The van der Waals surface area contributed by atoms with Crippen LogP contribution in [0.3, 0.4) is 0 Å². The van der Waals surface area contributed by atoms with E-state index in [1.165, 1.54) is 16.0 Å². The first-order valence-electron chi connectivity index (χ1n) is 4.88. The fraction of sp³-hybridized carbons (Fsp3) is 0.154. The third-order valence-corrected chi connectivity index (χ3v) is 3.53. The van der Waals surface area contributed by atoms with Crippen LogP contribution >= 0.6 is 11.3 Å². The molecule has 2 rings (SSSR count). The lowest BCUT2D eigenvalue weighted by Crippen LogP contribution is -1.85. The third kappa shape index (κ3) is 2.34. The quantitative estimate of drug-likeness (QED) is 0.718. The highest BCUT2D eigenvalue weighted by atomic mass is 32.1. The average Bonchev–Trinajstić information content (AvgIpc) is 2.61. The van der Waals surface area contributed by atoms with Gasteiger partial charge in [0.2, 0.25) is 0 Å². The van der Waals surface area contributed by atoms with Crippen LogP contribution < -0.4 is 0 Å². The summed E-state index contributed by atoms with van der Waals surface area (Å²) in [6.07, 6.45) is 1.84. The molecule has 1 nitrogen and oxygen atoms in total. The maximum absolute atomic E-state index is 10.6. The Hall–Kier alpha value is -1.41. The maximum atomic E-state index is 10.6. The van der Waals surface area contributed by atoms with Crippen molar-refractivity contribution >= 4 is 17.6 Å². The van der Waals surface area contributed by atoms with Crippen molar-refractivity contribution in [1.29, 1.82) is 0 Å². The largest absolute Gasteiger partial charge is 0.297 e. The van der Waals surface area contributed by atoms with E-state index in [0.717, 1.165) is 17.6 Å². The van der Waals surface area contributed by atoms with Crippen LogP contribution in [0.5, 0.6) is 0 Å². The average molecular weight is 216 g/mol. The zero-order chi connectivity index (χ0) is 10.7. The van der Waals surface area contributed by atoms with Crippen LogP contribution in [0.25, 0.3) is 0 Å². The van der Waals surface area contributed by atoms with E-state index < -0.39 is 0 Å². The Balaban J connectivity index is 2.24. The number of thiophene rings is 1. The number of hydrogen-bond donors (Lipinski definition) is 0. The Morgan fingerprint density at radius 1 is 1.27 bits per heavy atom. The molecule has 0 radical (unpaired) electrons. The maximum Gasteiger partial charge on any atom is 0.160 e. The number of carbonyl (C=O) groups is 1. The summed E-state index contributed by atoms with van der Waals surface area (Å²) < 4.78 is 0. The van der Waals surface area contributed by atoms with Gasteiger partial charge in [0.05, 0.1) is 4.88 Å². The zero-order valence-corrected chi connectivity index (χ0v) is 9.38. The molecule has 76 valence electrons. The number of carbonyl (C=O) groups excluding carboxylic acids is 1. The van der Waals surface area contributed by atoms with E-state index in [4.69, 9.17) is 0 Å². The van der Waals surface area contributed by atoms with Crippen LogP contribution in [0.2, 0.25) is 0 Å². The van der Waals surface area contributed by atoms with Crippen LogP contribution in [0.15, 0.2) is 36.4 Å². The molecule has 1 aromatic carbocycles. The summed E-state index contributed by atoms with van der Waals surface area (Å²) >= 11 is 1.59. The van der Waals surface area contributed by atoms with Gasteiger partial charge >= 0.3 is 0 Å². The molecule has 0 atom stereocenters. The van der Waals surface area contributed by atoms with Crippen molar-refractivity contribution in [1.82, 2.24) is 0 Å². The van der Waals surface area contributed by atoms with Crippen molar-refractivity contribution in [3.8, 4) is 0 Å². The van der Waals surface area contributed by atoms with Gasteiger partial charge in [-0.1, -0.05) is 30.3 Å². The third-order valence-electron chi connectivity index (χ3n) is 2.36. The second-order valence-electron chi connectivity index (χ2n) is 3.54. The number of hydrogen-bond acceptors (Lipinski definition) is 2. The van der Waals surface area contributed by atoms with Crippen LogP contribution in [-0.2, 0) is 6.42 Å². The van der Waals surface area contributed by atoms with Gasteiger partial charge in [-0.2, -0.15) is 0 Å². The van der Waals surface area contributed by atoms with Crippen LogP contribution in [-0.4, -0.2) is 6.29 Å². The fourth-order valence-electron chi connectivity index (χ4n) is 1.56. The molecule has 0 bridgehead atoms. The molecular formula is C13H12OS. The van der Waals surface area contributed by atoms with Crippen molar-refractivity contribution in [3.63, 3.8) is 0 Å². The summed E-state index contributed by atoms with van der Waals surface area (Å²) in [5.41, 5.74) is 2.51. The number of benzene rings is 1. The lowest BCUT2D eigenvalue weighted by atomic mass is 10.1. The first-order valence-corrected chi connectivity index (χ1v) is 5.69. The molecule has 0 saturated heterocycles. The molecule has 0 amide bonds. The second-order valence-corrected chi connectivity index (χ2v) is 4.70. The Morgan fingerprint density at radius 3 is 2.60 bits per heavy atom. The van der Waals surface area contributed by atoms with E-state index in [9.17, 15) is 4.79 Å². The summed E-state index contributed by atoms with van der Waals surface area (Å²) in [6.45, 7) is 2.06. The predicted octanol–water partition coefficient (Wildman–Crippen LogP) is 3.46. The van der Waals surface area contributed by atoms with Gasteiger partial charge in [-0.3, -0.25) is 4.79 Å². The summed E-state index contributed by atoms with van der Waals surface area (Å²) in [5, 5.41) is 0. The molecule has 0 fully saturated rings. The van der Waals surface area contributed by atoms with Gasteiger partial charge < -0.3 is 0 Å². The molecule has 1 aromatic heterocycles. The van der Waals surface area contributed by atoms with Gasteiger partial charge in [0.25, 0.3) is 0 Å². The monoisotopic (exact) mass is 216 g/mol. The van der Waals surface area contributed by atoms with Crippen LogP contribution in [0.4, 0.5) is 0 Å². The van der Waals surface area contributed by atoms with Crippen molar-refractivity contribution in [3.05, 3.63) is 57.3 Å². The Bertz CT molecular complexity index is 457. The Labute approximate surface area is 93.4 Å². The van der Waals surface area contributed by atoms with Gasteiger partial charge in [-0.25, -0.2) is 0 Å². The normalized spacial score (nSPS) is 10.2. The van der Waals surface area contributed by atoms with Gasteiger partial charge in [0.15, 0.2) is 6.29 Å². The number of rotatable bonds is 3. The molecule has 0 saturated carbocycles. The summed E-state index contributed by atoms with van der Waals surface area (Å²) in [5.74, 6) is 0. The van der Waals surface area contributed by atoms with Gasteiger partial charge in [0, 0.05) is 11.3 Å². The van der Waals surface area contributed by atoms with E-state index in [0.29, 0.717) is 0 Å². The molecule has 15 heavy (non-hydrogen) atoms. The minimum absolute atomic E-state index is 0.818. The fourth-order valence-corrected chi connectivity index (χ4v) is 2.59. The highest BCUT2D eigenvalue weighted by molar-refractivity contribution is 7.13. The molecule has 0 aliphatic rings. The van der Waals surface area contributed by atoms with Gasteiger partial charge in [-0.05, 0) is 24.1 Å².